The highest BCUT2D eigenvalue weighted by Crippen LogP contribution is 2.14. The van der Waals surface area contributed by atoms with Crippen molar-refractivity contribution in [2.75, 3.05) is 32.7 Å². The van der Waals surface area contributed by atoms with Crippen molar-refractivity contribution in [1.82, 2.24) is 15.5 Å². The van der Waals surface area contributed by atoms with Crippen molar-refractivity contribution in [1.29, 1.82) is 0 Å². The van der Waals surface area contributed by atoms with Crippen LogP contribution in [0.5, 0.6) is 0 Å². The van der Waals surface area contributed by atoms with Gasteiger partial charge in [-0.3, -0.25) is 4.90 Å². The van der Waals surface area contributed by atoms with Gasteiger partial charge in [0.15, 0.2) is 0 Å². The van der Waals surface area contributed by atoms with Crippen molar-refractivity contribution in [3.05, 3.63) is 0 Å². The fraction of sp³-hybridized carbons (Fsp3) is 1.00. The molecule has 2 rings (SSSR count). The molecule has 2 fully saturated rings. The molecule has 0 saturated carbocycles. The van der Waals surface area contributed by atoms with Crippen LogP contribution in [0.1, 0.15) is 26.2 Å². The Kier molecular flexibility index (Phi) is 3.79. The first-order chi connectivity index (χ1) is 6.88. The van der Waals surface area contributed by atoms with Gasteiger partial charge in [-0.2, -0.15) is 0 Å². The van der Waals surface area contributed by atoms with Gasteiger partial charge in [0.05, 0.1) is 0 Å². The lowest BCUT2D eigenvalue weighted by molar-refractivity contribution is 0.138. The Morgan fingerprint density at radius 3 is 2.57 bits per heavy atom. The second-order valence-corrected chi connectivity index (χ2v) is 4.58. The van der Waals surface area contributed by atoms with E-state index in [9.17, 15) is 0 Å². The zero-order valence-electron chi connectivity index (χ0n) is 9.26. The van der Waals surface area contributed by atoms with Gasteiger partial charge in [-0.1, -0.05) is 6.42 Å². The van der Waals surface area contributed by atoms with Gasteiger partial charge < -0.3 is 10.6 Å². The van der Waals surface area contributed by atoms with Crippen molar-refractivity contribution < 1.29 is 0 Å². The first kappa shape index (κ1) is 10.4. The number of piperidine rings is 1. The van der Waals surface area contributed by atoms with Crippen molar-refractivity contribution in [3.8, 4) is 0 Å². The van der Waals surface area contributed by atoms with Crippen LogP contribution in [0.3, 0.4) is 0 Å². The molecule has 0 radical (unpaired) electrons. The summed E-state index contributed by atoms with van der Waals surface area (Å²) in [7, 11) is 0. The molecule has 0 aromatic heterocycles. The molecule has 3 heteroatoms. The minimum absolute atomic E-state index is 0.720. The fourth-order valence-corrected chi connectivity index (χ4v) is 2.63. The van der Waals surface area contributed by atoms with E-state index in [0.29, 0.717) is 0 Å². The van der Waals surface area contributed by atoms with E-state index in [2.05, 4.69) is 22.5 Å². The molecule has 14 heavy (non-hydrogen) atoms. The minimum atomic E-state index is 0.720. The summed E-state index contributed by atoms with van der Waals surface area (Å²) in [5.41, 5.74) is 0. The molecule has 0 bridgehead atoms. The summed E-state index contributed by atoms with van der Waals surface area (Å²) in [6.07, 6.45) is 4.14. The first-order valence-electron chi connectivity index (χ1n) is 6.06. The Bertz CT molecular complexity index is 142. The Morgan fingerprint density at radius 2 is 1.93 bits per heavy atom. The molecular weight excluding hydrogens is 174 g/mol. The van der Waals surface area contributed by atoms with Crippen LogP contribution < -0.4 is 10.6 Å². The molecule has 82 valence electrons. The Hall–Kier alpha value is -0.120. The topological polar surface area (TPSA) is 27.3 Å². The average Bonchev–Trinajstić information content (AvgIpc) is 2.30. The van der Waals surface area contributed by atoms with Crippen molar-refractivity contribution >= 4 is 0 Å². The van der Waals surface area contributed by atoms with Crippen LogP contribution in [0.2, 0.25) is 0 Å². The van der Waals surface area contributed by atoms with Gasteiger partial charge in [-0.25, -0.2) is 0 Å². The average molecular weight is 197 g/mol. The van der Waals surface area contributed by atoms with Gasteiger partial charge in [0.1, 0.15) is 0 Å². The van der Waals surface area contributed by atoms with Gasteiger partial charge in [0.2, 0.25) is 0 Å². The second kappa shape index (κ2) is 5.10. The number of nitrogens with zero attached hydrogens (tertiary/aromatic N) is 1. The van der Waals surface area contributed by atoms with Gasteiger partial charge in [-0.15, -0.1) is 0 Å². The van der Waals surface area contributed by atoms with Crippen LogP contribution in [-0.4, -0.2) is 49.7 Å². The van der Waals surface area contributed by atoms with Gasteiger partial charge in [0.25, 0.3) is 0 Å². The molecule has 2 N–H and O–H groups in total. The van der Waals surface area contributed by atoms with E-state index in [1.807, 2.05) is 0 Å². The maximum absolute atomic E-state index is 3.65. The van der Waals surface area contributed by atoms with Crippen molar-refractivity contribution in [2.45, 2.75) is 38.3 Å². The molecule has 0 unspecified atom stereocenters. The smallest absolute Gasteiger partial charge is 0.0222 e. The first-order valence-corrected chi connectivity index (χ1v) is 6.06. The predicted octanol–water partition coefficient (Wildman–Crippen LogP) is 0.422. The van der Waals surface area contributed by atoms with E-state index in [4.69, 9.17) is 0 Å². The zero-order chi connectivity index (χ0) is 9.80. The quantitative estimate of drug-likeness (QED) is 0.672. The number of hydrogen-bond donors (Lipinski definition) is 2. The summed E-state index contributed by atoms with van der Waals surface area (Å²) in [5.74, 6) is 0. The third kappa shape index (κ3) is 2.47. The lowest BCUT2D eigenvalue weighted by atomic mass is 9.97. The van der Waals surface area contributed by atoms with E-state index in [0.717, 1.165) is 25.2 Å². The Morgan fingerprint density at radius 1 is 1.14 bits per heavy atom. The molecule has 0 aromatic rings. The molecule has 2 aliphatic heterocycles. The third-order valence-corrected chi connectivity index (χ3v) is 3.66. The molecule has 3 nitrogen and oxygen atoms in total. The Labute approximate surface area is 87.2 Å². The lowest BCUT2D eigenvalue weighted by Crippen LogP contribution is -2.55. The van der Waals surface area contributed by atoms with E-state index in [1.165, 1.54) is 38.9 Å². The summed E-state index contributed by atoms with van der Waals surface area (Å²) >= 11 is 0. The highest BCUT2D eigenvalue weighted by atomic mass is 15.2. The van der Waals surface area contributed by atoms with Crippen molar-refractivity contribution in [3.63, 3.8) is 0 Å². The zero-order valence-corrected chi connectivity index (χ0v) is 9.26. The fourth-order valence-electron chi connectivity index (χ4n) is 2.63. The minimum Gasteiger partial charge on any atom is -0.314 e. The third-order valence-electron chi connectivity index (χ3n) is 3.66. The number of hydrogen-bond acceptors (Lipinski definition) is 3. The summed E-state index contributed by atoms with van der Waals surface area (Å²) < 4.78 is 0. The van der Waals surface area contributed by atoms with Crippen LogP contribution in [0.15, 0.2) is 0 Å². The number of rotatable bonds is 2. The van der Waals surface area contributed by atoms with Gasteiger partial charge >= 0.3 is 0 Å². The lowest BCUT2D eigenvalue weighted by Gasteiger charge is -2.39. The largest absolute Gasteiger partial charge is 0.314 e. The van der Waals surface area contributed by atoms with E-state index in [1.54, 1.807) is 0 Å². The molecular formula is C11H23N3. The molecule has 2 heterocycles. The van der Waals surface area contributed by atoms with Crippen LogP contribution in [0.25, 0.3) is 0 Å². The molecule has 2 aliphatic rings. The van der Waals surface area contributed by atoms with Gasteiger partial charge in [0, 0.05) is 38.3 Å². The molecule has 0 aromatic carbocycles. The standard InChI is InChI=1S/C11H23N3/c1-10(11-4-2-3-5-13-11)14-8-6-12-7-9-14/h10-13H,2-9H2,1H3/t10-,11-/m0/s1. The second-order valence-electron chi connectivity index (χ2n) is 4.58. The predicted molar refractivity (Wildman–Crippen MR) is 59.5 cm³/mol. The van der Waals surface area contributed by atoms with Crippen LogP contribution in [-0.2, 0) is 0 Å². The number of nitrogens with one attached hydrogen (secondary N) is 2. The molecule has 0 aliphatic carbocycles. The maximum Gasteiger partial charge on any atom is 0.0222 e. The maximum atomic E-state index is 3.65. The normalized spacial score (nSPS) is 32.8. The van der Waals surface area contributed by atoms with E-state index < -0.39 is 0 Å². The van der Waals surface area contributed by atoms with Crippen LogP contribution in [0, 0.1) is 0 Å². The molecule has 2 atom stereocenters. The highest BCUT2D eigenvalue weighted by molar-refractivity contribution is 4.85. The molecule has 0 amide bonds. The van der Waals surface area contributed by atoms with Gasteiger partial charge in [-0.05, 0) is 26.3 Å². The number of piperazine rings is 1. The monoisotopic (exact) mass is 197 g/mol. The van der Waals surface area contributed by atoms with Crippen LogP contribution in [0.4, 0.5) is 0 Å². The highest BCUT2D eigenvalue weighted by Gasteiger charge is 2.25. The summed E-state index contributed by atoms with van der Waals surface area (Å²) in [6, 6.07) is 1.46. The molecule has 2 saturated heterocycles. The summed E-state index contributed by atoms with van der Waals surface area (Å²) in [4.78, 5) is 2.62. The van der Waals surface area contributed by atoms with E-state index in [-0.39, 0.29) is 0 Å². The van der Waals surface area contributed by atoms with Crippen molar-refractivity contribution in [2.24, 2.45) is 0 Å². The van der Waals surface area contributed by atoms with Crippen LogP contribution >= 0.6 is 0 Å². The summed E-state index contributed by atoms with van der Waals surface area (Å²) in [6.45, 7) is 8.38. The van der Waals surface area contributed by atoms with E-state index >= 15 is 0 Å². The SMILES string of the molecule is C[C@@H]([C@@H]1CCCCN1)N1CCNCC1. The Balaban J connectivity index is 1.82. The molecule has 0 spiro atoms. The summed E-state index contributed by atoms with van der Waals surface area (Å²) in [5, 5.41) is 7.06.